The highest BCUT2D eigenvalue weighted by molar-refractivity contribution is 7.81. The third-order valence-corrected chi connectivity index (χ3v) is 6.76. The van der Waals surface area contributed by atoms with Crippen molar-refractivity contribution in [1.82, 2.24) is 14.0 Å². The van der Waals surface area contributed by atoms with Crippen LogP contribution < -0.4 is 15.0 Å². The van der Waals surface area contributed by atoms with Crippen LogP contribution in [-0.4, -0.2) is 34.6 Å². The van der Waals surface area contributed by atoms with Crippen molar-refractivity contribution in [3.63, 3.8) is 0 Å². The molecule has 7 heteroatoms. The summed E-state index contributed by atoms with van der Waals surface area (Å²) in [5.41, 5.74) is 1.77. The number of nitrogens with zero attached hydrogens (tertiary/aromatic N) is 1. The van der Waals surface area contributed by atoms with Crippen molar-refractivity contribution in [3.05, 3.63) is 33.7 Å². The second-order valence-electron chi connectivity index (χ2n) is 7.69. The molecule has 1 aliphatic heterocycles. The maximum absolute atomic E-state index is 12.9. The first kappa shape index (κ1) is 21.3. The summed E-state index contributed by atoms with van der Waals surface area (Å²) in [6, 6.07) is 3.68. The lowest BCUT2D eigenvalue weighted by molar-refractivity contribution is -0.00293. The topological polar surface area (TPSA) is 72.4 Å². The van der Waals surface area contributed by atoms with E-state index in [1.807, 2.05) is 30.5 Å². The molecular formula is C21H31N3O3S. The molecule has 0 aromatic carbocycles. The third-order valence-electron chi connectivity index (χ3n) is 5.87. The highest BCUT2D eigenvalue weighted by Gasteiger charge is 2.33. The fourth-order valence-corrected chi connectivity index (χ4v) is 4.94. The van der Waals surface area contributed by atoms with Gasteiger partial charge in [0.05, 0.1) is 18.8 Å². The van der Waals surface area contributed by atoms with Crippen LogP contribution in [0.15, 0.2) is 16.9 Å². The van der Waals surface area contributed by atoms with Gasteiger partial charge in [-0.1, -0.05) is 6.07 Å². The molecule has 1 fully saturated rings. The number of hydrogen-bond donors (Lipinski definition) is 2. The van der Waals surface area contributed by atoms with Gasteiger partial charge in [0.15, 0.2) is 11.2 Å². The number of aromatic nitrogens is 1. The molecule has 3 rings (SSSR count). The summed E-state index contributed by atoms with van der Waals surface area (Å²) in [7, 11) is 1.65. The molecule has 3 atom stereocenters. The van der Waals surface area contributed by atoms with Crippen LogP contribution in [0, 0.1) is 24.7 Å². The number of pyridine rings is 1. The summed E-state index contributed by atoms with van der Waals surface area (Å²) in [5, 5.41) is 0. The highest BCUT2D eigenvalue weighted by atomic mass is 32.2. The van der Waals surface area contributed by atoms with Crippen molar-refractivity contribution in [2.24, 2.45) is 5.92 Å². The molecule has 0 radical (unpaired) electrons. The van der Waals surface area contributed by atoms with Gasteiger partial charge >= 0.3 is 0 Å². The Morgan fingerprint density at radius 2 is 2.00 bits per heavy atom. The predicted molar refractivity (Wildman–Crippen MR) is 112 cm³/mol. The van der Waals surface area contributed by atoms with Gasteiger partial charge in [0, 0.05) is 23.2 Å². The van der Waals surface area contributed by atoms with Gasteiger partial charge in [-0.25, -0.2) is 13.7 Å². The Kier molecular flexibility index (Phi) is 7.47. The van der Waals surface area contributed by atoms with E-state index in [0.29, 0.717) is 12.5 Å². The molecule has 0 amide bonds. The molecule has 0 bridgehead atoms. The lowest BCUT2D eigenvalue weighted by atomic mass is 9.88. The SMILES string of the molecule is CC#CC1CCC(OCC2C(NS(=O)NC)CCc3ccc(C)c(=O)n32)CC1. The van der Waals surface area contributed by atoms with Gasteiger partial charge in [-0.3, -0.25) is 4.79 Å². The predicted octanol–water partition coefficient (Wildman–Crippen LogP) is 2.00. The number of ether oxygens (including phenoxy) is 1. The lowest BCUT2D eigenvalue weighted by Gasteiger charge is -2.36. The molecule has 154 valence electrons. The summed E-state index contributed by atoms with van der Waals surface area (Å²) >= 11 is -1.34. The van der Waals surface area contributed by atoms with Gasteiger partial charge in [0.1, 0.15) is 0 Å². The molecule has 6 nitrogen and oxygen atoms in total. The molecule has 0 saturated heterocycles. The van der Waals surface area contributed by atoms with E-state index in [4.69, 9.17) is 4.74 Å². The van der Waals surface area contributed by atoms with Crippen LogP contribution in [0.5, 0.6) is 0 Å². The molecule has 2 N–H and O–H groups in total. The largest absolute Gasteiger partial charge is 0.376 e. The second-order valence-corrected chi connectivity index (χ2v) is 8.87. The Balaban J connectivity index is 1.75. The number of hydrogen-bond acceptors (Lipinski definition) is 3. The van der Waals surface area contributed by atoms with Gasteiger partial charge in [-0.15, -0.1) is 11.8 Å². The van der Waals surface area contributed by atoms with Gasteiger partial charge < -0.3 is 9.30 Å². The average molecular weight is 406 g/mol. The van der Waals surface area contributed by atoms with Crippen LogP contribution in [0.25, 0.3) is 0 Å². The van der Waals surface area contributed by atoms with E-state index >= 15 is 0 Å². The summed E-state index contributed by atoms with van der Waals surface area (Å²) in [4.78, 5) is 12.9. The van der Waals surface area contributed by atoms with Crippen molar-refractivity contribution < 1.29 is 8.95 Å². The standard InChI is InChI=1S/C21H31N3O3S/c1-4-5-16-7-11-18(12-8-16)27-14-20-19(23-28(26)22-3)13-10-17-9-6-15(2)21(25)24(17)20/h6,9,16,18-20,22-23H,7-8,10-14H2,1-3H3. The molecule has 0 spiro atoms. The van der Waals surface area contributed by atoms with Gasteiger partial charge in [0.2, 0.25) is 0 Å². The highest BCUT2D eigenvalue weighted by Crippen LogP contribution is 2.29. The van der Waals surface area contributed by atoms with Crippen molar-refractivity contribution in [2.75, 3.05) is 13.7 Å². The Bertz CT molecular complexity index is 818. The Hall–Kier alpha value is -1.46. The number of nitrogens with one attached hydrogen (secondary N) is 2. The molecule has 1 aliphatic carbocycles. The minimum Gasteiger partial charge on any atom is -0.376 e. The first-order valence-electron chi connectivity index (χ1n) is 10.1. The Labute approximate surface area is 170 Å². The summed E-state index contributed by atoms with van der Waals surface area (Å²) in [6.07, 6.45) is 5.95. The zero-order chi connectivity index (χ0) is 20.1. The monoisotopic (exact) mass is 405 g/mol. The third kappa shape index (κ3) is 4.93. The normalized spacial score (nSPS) is 28.1. The van der Waals surface area contributed by atoms with E-state index in [1.54, 1.807) is 7.05 Å². The summed E-state index contributed by atoms with van der Waals surface area (Å²) in [5.74, 6) is 6.77. The van der Waals surface area contributed by atoms with Crippen LogP contribution in [0.3, 0.4) is 0 Å². The second kappa shape index (κ2) is 9.84. The zero-order valence-corrected chi connectivity index (χ0v) is 17.8. The Morgan fingerprint density at radius 3 is 2.68 bits per heavy atom. The fraction of sp³-hybridized carbons (Fsp3) is 0.667. The zero-order valence-electron chi connectivity index (χ0n) is 17.0. The Morgan fingerprint density at radius 1 is 1.25 bits per heavy atom. The maximum atomic E-state index is 12.9. The minimum atomic E-state index is -1.34. The lowest BCUT2D eigenvalue weighted by Crippen LogP contribution is -2.50. The maximum Gasteiger partial charge on any atom is 0.254 e. The molecule has 1 saturated carbocycles. The van der Waals surface area contributed by atoms with Crippen molar-refractivity contribution in [2.45, 2.75) is 70.6 Å². The van der Waals surface area contributed by atoms with E-state index in [2.05, 4.69) is 21.3 Å². The quantitative estimate of drug-likeness (QED) is 0.711. The molecule has 1 aromatic heterocycles. The van der Waals surface area contributed by atoms with Gasteiger partial charge in [-0.05, 0) is 65.5 Å². The van der Waals surface area contributed by atoms with Crippen molar-refractivity contribution >= 4 is 11.2 Å². The van der Waals surface area contributed by atoms with Gasteiger partial charge in [0.25, 0.3) is 5.56 Å². The minimum absolute atomic E-state index is 0.0229. The smallest absolute Gasteiger partial charge is 0.254 e. The number of aryl methyl sites for hydroxylation is 2. The van der Waals surface area contributed by atoms with Crippen molar-refractivity contribution in [3.8, 4) is 11.8 Å². The van der Waals surface area contributed by atoms with Crippen LogP contribution in [0.2, 0.25) is 0 Å². The molecule has 3 unspecified atom stereocenters. The van der Waals surface area contributed by atoms with E-state index in [0.717, 1.165) is 49.8 Å². The van der Waals surface area contributed by atoms with Crippen molar-refractivity contribution in [1.29, 1.82) is 0 Å². The van der Waals surface area contributed by atoms with E-state index < -0.39 is 11.2 Å². The van der Waals surface area contributed by atoms with Crippen LogP contribution >= 0.6 is 0 Å². The summed E-state index contributed by atoms with van der Waals surface area (Å²) < 4.78 is 26.0. The first-order valence-corrected chi connectivity index (χ1v) is 11.3. The fourth-order valence-electron chi connectivity index (χ4n) is 4.27. The van der Waals surface area contributed by atoms with Crippen LogP contribution in [-0.2, 0) is 22.3 Å². The van der Waals surface area contributed by atoms with E-state index in [9.17, 15) is 9.00 Å². The first-order chi connectivity index (χ1) is 13.5. The van der Waals surface area contributed by atoms with Crippen LogP contribution in [0.4, 0.5) is 0 Å². The molecule has 2 heterocycles. The molecule has 28 heavy (non-hydrogen) atoms. The molecule has 2 aliphatic rings. The molecular weight excluding hydrogens is 374 g/mol. The van der Waals surface area contributed by atoms with Crippen LogP contribution in [0.1, 0.15) is 56.3 Å². The van der Waals surface area contributed by atoms with Gasteiger partial charge in [-0.2, -0.15) is 0 Å². The average Bonchev–Trinajstić information content (AvgIpc) is 2.71. The van der Waals surface area contributed by atoms with E-state index in [-0.39, 0.29) is 23.7 Å². The van der Waals surface area contributed by atoms with E-state index in [1.165, 1.54) is 0 Å². The summed E-state index contributed by atoms with van der Waals surface area (Å²) in [6.45, 7) is 4.18. The molecule has 1 aromatic rings. The number of fused-ring (bicyclic) bond motifs is 1. The number of rotatable bonds is 6.